The van der Waals surface area contributed by atoms with Gasteiger partial charge in [-0.05, 0) is 5.41 Å². The zero-order chi connectivity index (χ0) is 8.81. The summed E-state index contributed by atoms with van der Waals surface area (Å²) in [5.74, 6) is 0.235. The van der Waals surface area contributed by atoms with Crippen LogP contribution in [0.25, 0.3) is 0 Å². The van der Waals surface area contributed by atoms with Gasteiger partial charge in [-0.25, -0.2) is 4.79 Å². The van der Waals surface area contributed by atoms with Gasteiger partial charge in [-0.3, -0.25) is 4.99 Å². The van der Waals surface area contributed by atoms with Crippen LogP contribution in [0.1, 0.15) is 0 Å². The number of ether oxygens (including phenoxy) is 1. The van der Waals surface area contributed by atoms with Crippen molar-refractivity contribution in [3.63, 3.8) is 0 Å². The minimum absolute atomic E-state index is 0.242. The SMILES string of the molecule is C=CCOC(=O)C1=NC=CSC1. The third-order valence-corrected chi connectivity index (χ3v) is 1.93. The van der Waals surface area contributed by atoms with Crippen LogP contribution in [-0.4, -0.2) is 24.0 Å². The van der Waals surface area contributed by atoms with Gasteiger partial charge in [0.15, 0.2) is 0 Å². The zero-order valence-electron chi connectivity index (χ0n) is 6.53. The fraction of sp³-hybridized carbons (Fsp3) is 0.250. The Balaban J connectivity index is 2.45. The molecule has 1 aliphatic heterocycles. The maximum Gasteiger partial charge on any atom is 0.353 e. The van der Waals surface area contributed by atoms with Crippen molar-refractivity contribution < 1.29 is 9.53 Å². The molecule has 1 aliphatic rings. The number of carbonyl (C=O) groups excluding carboxylic acids is 1. The van der Waals surface area contributed by atoms with Crippen molar-refractivity contribution in [1.82, 2.24) is 0 Å². The Labute approximate surface area is 75.2 Å². The summed E-state index contributed by atoms with van der Waals surface area (Å²) in [6.45, 7) is 3.68. The van der Waals surface area contributed by atoms with Gasteiger partial charge in [0.05, 0.1) is 0 Å². The standard InChI is InChI=1S/C8H9NO2S/c1-2-4-11-8(10)7-6-12-5-3-9-7/h2-3,5H,1,4,6H2. The van der Waals surface area contributed by atoms with Gasteiger partial charge in [0, 0.05) is 12.0 Å². The molecule has 0 aromatic carbocycles. The molecule has 4 heteroatoms. The van der Waals surface area contributed by atoms with Crippen LogP contribution >= 0.6 is 11.8 Å². The first-order chi connectivity index (χ1) is 5.84. The Hall–Kier alpha value is -1.03. The lowest BCUT2D eigenvalue weighted by Gasteiger charge is -2.05. The van der Waals surface area contributed by atoms with Gasteiger partial charge in [-0.2, -0.15) is 0 Å². The molecule has 0 aromatic heterocycles. The lowest BCUT2D eigenvalue weighted by atomic mass is 10.4. The van der Waals surface area contributed by atoms with Crippen LogP contribution in [0.3, 0.4) is 0 Å². The van der Waals surface area contributed by atoms with Crippen LogP contribution in [0.15, 0.2) is 29.3 Å². The number of rotatable bonds is 3. The summed E-state index contributed by atoms with van der Waals surface area (Å²) in [7, 11) is 0. The third-order valence-electron chi connectivity index (χ3n) is 1.18. The molecule has 0 amide bonds. The molecule has 0 unspecified atom stereocenters. The predicted octanol–water partition coefficient (Wildman–Crippen LogP) is 1.37. The molecular weight excluding hydrogens is 174 g/mol. The summed E-state index contributed by atoms with van der Waals surface area (Å²) >= 11 is 1.53. The van der Waals surface area contributed by atoms with E-state index in [0.29, 0.717) is 11.5 Å². The summed E-state index contributed by atoms with van der Waals surface area (Å²) in [5.41, 5.74) is 0.462. The number of carbonyl (C=O) groups is 1. The minimum Gasteiger partial charge on any atom is -0.457 e. The lowest BCUT2D eigenvalue weighted by Crippen LogP contribution is -2.20. The van der Waals surface area contributed by atoms with Crippen LogP contribution in [-0.2, 0) is 9.53 Å². The molecule has 0 spiro atoms. The van der Waals surface area contributed by atoms with Crippen LogP contribution in [0, 0.1) is 0 Å². The first-order valence-corrected chi connectivity index (χ1v) is 4.51. The maximum atomic E-state index is 11.1. The Morgan fingerprint density at radius 3 is 3.33 bits per heavy atom. The monoisotopic (exact) mass is 183 g/mol. The van der Waals surface area contributed by atoms with Gasteiger partial charge in [-0.1, -0.05) is 12.7 Å². The number of hydrogen-bond donors (Lipinski definition) is 0. The van der Waals surface area contributed by atoms with Gasteiger partial charge in [0.2, 0.25) is 0 Å². The number of hydrogen-bond acceptors (Lipinski definition) is 4. The summed E-state index contributed by atoms with van der Waals surface area (Å²) in [4.78, 5) is 15.0. The number of esters is 1. The summed E-state index contributed by atoms with van der Waals surface area (Å²) < 4.78 is 4.80. The predicted molar refractivity (Wildman–Crippen MR) is 50.2 cm³/mol. The molecule has 0 aromatic rings. The molecule has 0 saturated carbocycles. The summed E-state index contributed by atoms with van der Waals surface area (Å²) in [5, 5.41) is 1.84. The van der Waals surface area contributed by atoms with Crippen molar-refractivity contribution in [1.29, 1.82) is 0 Å². The van der Waals surface area contributed by atoms with E-state index in [9.17, 15) is 4.79 Å². The fourth-order valence-corrected chi connectivity index (χ4v) is 1.25. The van der Waals surface area contributed by atoms with Crippen molar-refractivity contribution >= 4 is 23.4 Å². The second-order valence-corrected chi connectivity index (χ2v) is 2.95. The van der Waals surface area contributed by atoms with E-state index in [-0.39, 0.29) is 12.6 Å². The molecule has 0 aliphatic carbocycles. The second kappa shape index (κ2) is 4.77. The van der Waals surface area contributed by atoms with Crippen LogP contribution < -0.4 is 0 Å². The van der Waals surface area contributed by atoms with Crippen molar-refractivity contribution in [2.24, 2.45) is 4.99 Å². The first kappa shape index (κ1) is 9.06. The normalized spacial score (nSPS) is 15.2. The Morgan fingerprint density at radius 2 is 2.75 bits per heavy atom. The number of nitrogens with zero attached hydrogens (tertiary/aromatic N) is 1. The van der Waals surface area contributed by atoms with E-state index in [1.54, 1.807) is 6.20 Å². The van der Waals surface area contributed by atoms with Gasteiger partial charge >= 0.3 is 5.97 Å². The smallest absolute Gasteiger partial charge is 0.353 e. The molecule has 0 fully saturated rings. The van der Waals surface area contributed by atoms with E-state index < -0.39 is 0 Å². The second-order valence-electron chi connectivity index (χ2n) is 2.06. The van der Waals surface area contributed by atoms with E-state index in [2.05, 4.69) is 11.6 Å². The highest BCUT2D eigenvalue weighted by atomic mass is 32.2. The zero-order valence-corrected chi connectivity index (χ0v) is 7.34. The molecule has 0 bridgehead atoms. The number of thioether (sulfide) groups is 1. The Bertz CT molecular complexity index is 245. The quantitative estimate of drug-likeness (QED) is 0.490. The molecule has 64 valence electrons. The van der Waals surface area contributed by atoms with Gasteiger partial charge in [0.25, 0.3) is 0 Å². The number of aliphatic imine (C=N–C) groups is 1. The van der Waals surface area contributed by atoms with Crippen LogP contribution in [0.2, 0.25) is 0 Å². The first-order valence-electron chi connectivity index (χ1n) is 3.46. The average molecular weight is 183 g/mol. The highest BCUT2D eigenvalue weighted by molar-refractivity contribution is 8.02. The van der Waals surface area contributed by atoms with E-state index in [1.807, 2.05) is 5.41 Å². The van der Waals surface area contributed by atoms with E-state index >= 15 is 0 Å². The largest absolute Gasteiger partial charge is 0.457 e. The molecule has 0 saturated heterocycles. The molecule has 0 N–H and O–H groups in total. The third kappa shape index (κ3) is 2.54. The highest BCUT2D eigenvalue weighted by Crippen LogP contribution is 2.09. The molecule has 3 nitrogen and oxygen atoms in total. The molecular formula is C8H9NO2S. The van der Waals surface area contributed by atoms with Crippen molar-refractivity contribution in [2.75, 3.05) is 12.4 Å². The molecule has 1 rings (SSSR count). The topological polar surface area (TPSA) is 38.7 Å². The Morgan fingerprint density at radius 1 is 1.92 bits per heavy atom. The fourth-order valence-electron chi connectivity index (χ4n) is 0.657. The Kier molecular flexibility index (Phi) is 3.60. The van der Waals surface area contributed by atoms with E-state index in [1.165, 1.54) is 17.8 Å². The maximum absolute atomic E-state index is 11.1. The molecule has 0 atom stereocenters. The molecule has 1 heterocycles. The van der Waals surface area contributed by atoms with Crippen molar-refractivity contribution in [2.45, 2.75) is 0 Å². The molecule has 12 heavy (non-hydrogen) atoms. The van der Waals surface area contributed by atoms with E-state index in [4.69, 9.17) is 4.74 Å². The average Bonchev–Trinajstić information content (AvgIpc) is 2.15. The van der Waals surface area contributed by atoms with Gasteiger partial charge < -0.3 is 4.74 Å². The van der Waals surface area contributed by atoms with Gasteiger partial charge in [-0.15, -0.1) is 11.8 Å². The van der Waals surface area contributed by atoms with Crippen molar-refractivity contribution in [3.05, 3.63) is 24.3 Å². The molecule has 0 radical (unpaired) electrons. The minimum atomic E-state index is -0.355. The summed E-state index contributed by atoms with van der Waals surface area (Å²) in [6, 6.07) is 0. The highest BCUT2D eigenvalue weighted by Gasteiger charge is 2.12. The lowest BCUT2D eigenvalue weighted by molar-refractivity contribution is -0.134. The van der Waals surface area contributed by atoms with Gasteiger partial charge in [0.1, 0.15) is 12.3 Å². The van der Waals surface area contributed by atoms with Crippen LogP contribution in [0.5, 0.6) is 0 Å². The summed E-state index contributed by atoms with van der Waals surface area (Å²) in [6.07, 6.45) is 3.13. The van der Waals surface area contributed by atoms with Crippen LogP contribution in [0.4, 0.5) is 0 Å². The van der Waals surface area contributed by atoms with Crippen molar-refractivity contribution in [3.8, 4) is 0 Å². The van der Waals surface area contributed by atoms with E-state index in [0.717, 1.165) is 0 Å².